The summed E-state index contributed by atoms with van der Waals surface area (Å²) in [4.78, 5) is 26.9. The van der Waals surface area contributed by atoms with Crippen molar-refractivity contribution in [3.63, 3.8) is 0 Å². The van der Waals surface area contributed by atoms with Gasteiger partial charge in [-0.25, -0.2) is 4.57 Å². The summed E-state index contributed by atoms with van der Waals surface area (Å²) in [6.45, 7) is 2.12. The lowest BCUT2D eigenvalue weighted by molar-refractivity contribution is 0.275. The van der Waals surface area contributed by atoms with Crippen LogP contribution in [0.3, 0.4) is 0 Å². The molecule has 0 bridgehead atoms. The van der Waals surface area contributed by atoms with Crippen molar-refractivity contribution in [2.45, 2.75) is 18.2 Å². The van der Waals surface area contributed by atoms with E-state index < -0.39 is 7.82 Å². The Morgan fingerprint density at radius 3 is 2.10 bits per heavy atom. The number of rotatable bonds is 4. The normalized spacial score (nSPS) is 10.7. The topological polar surface area (TPSA) is 90.7 Å². The van der Waals surface area contributed by atoms with Gasteiger partial charge in [-0.1, -0.05) is 17.7 Å². The molecule has 0 aliphatic rings. The van der Waals surface area contributed by atoms with Crippen LogP contribution in [0.15, 0.2) is 53.7 Å². The van der Waals surface area contributed by atoms with Crippen molar-refractivity contribution in [2.24, 2.45) is 0 Å². The van der Waals surface area contributed by atoms with E-state index in [9.17, 15) is 0 Å². The predicted molar refractivity (Wildman–Crippen MR) is 84.1 cm³/mol. The molecule has 0 amide bonds. The van der Waals surface area contributed by atoms with Gasteiger partial charge in [-0.15, -0.1) is 11.8 Å². The number of aryl methyl sites for hydroxylation is 2. The van der Waals surface area contributed by atoms with Crippen molar-refractivity contribution in [1.82, 2.24) is 4.98 Å². The fourth-order valence-electron chi connectivity index (χ4n) is 1.47. The maximum atomic E-state index is 8.88. The first kappa shape index (κ1) is 17.9. The Hall–Kier alpha value is -1.17. The summed E-state index contributed by atoms with van der Waals surface area (Å²) in [6.07, 6.45) is 4.80. The number of thioether (sulfide) groups is 1. The van der Waals surface area contributed by atoms with Crippen LogP contribution in [0.1, 0.15) is 11.1 Å². The lowest BCUT2D eigenvalue weighted by Gasteiger charge is -2.02. The Labute approximate surface area is 128 Å². The summed E-state index contributed by atoms with van der Waals surface area (Å²) in [7, 11) is -4.64. The van der Waals surface area contributed by atoms with E-state index in [0.717, 1.165) is 12.2 Å². The van der Waals surface area contributed by atoms with Crippen LogP contribution in [-0.2, 0) is 11.0 Å². The van der Waals surface area contributed by atoms with Crippen molar-refractivity contribution in [2.75, 3.05) is 5.75 Å². The summed E-state index contributed by atoms with van der Waals surface area (Å²) in [5.74, 6) is 1.12. The smallest absolute Gasteiger partial charge is 0.303 e. The molecule has 2 rings (SSSR count). The van der Waals surface area contributed by atoms with Crippen molar-refractivity contribution in [3.05, 3.63) is 59.9 Å². The molecule has 3 N–H and O–H groups in total. The Morgan fingerprint density at radius 2 is 1.57 bits per heavy atom. The minimum absolute atomic E-state index is 1.10. The van der Waals surface area contributed by atoms with Gasteiger partial charge in [0.25, 0.3) is 0 Å². The van der Waals surface area contributed by atoms with E-state index in [1.807, 2.05) is 24.2 Å². The molecule has 7 heteroatoms. The van der Waals surface area contributed by atoms with E-state index in [-0.39, 0.29) is 0 Å². The number of pyridine rings is 1. The van der Waals surface area contributed by atoms with Gasteiger partial charge in [-0.05, 0) is 43.2 Å². The molecule has 0 spiro atoms. The Bertz CT molecular complexity index is 563. The van der Waals surface area contributed by atoms with Gasteiger partial charge in [0.1, 0.15) is 0 Å². The molecule has 0 fully saturated rings. The van der Waals surface area contributed by atoms with Crippen molar-refractivity contribution in [3.8, 4) is 0 Å². The molecule has 114 valence electrons. The van der Waals surface area contributed by atoms with Crippen LogP contribution >= 0.6 is 19.6 Å². The number of hydrogen-bond donors (Lipinski definition) is 3. The molecule has 5 nitrogen and oxygen atoms in total. The molecule has 21 heavy (non-hydrogen) atoms. The second-order valence-corrected chi connectivity index (χ2v) is 6.48. The Kier molecular flexibility index (Phi) is 7.64. The first-order valence-corrected chi connectivity index (χ1v) is 8.76. The number of hydrogen-bond acceptors (Lipinski definition) is 3. The maximum absolute atomic E-state index is 8.88. The fourth-order valence-corrected chi connectivity index (χ4v) is 2.37. The summed E-state index contributed by atoms with van der Waals surface area (Å²) < 4.78 is 8.88. The van der Waals surface area contributed by atoms with Crippen molar-refractivity contribution in [1.29, 1.82) is 0 Å². The molecule has 0 aliphatic carbocycles. The van der Waals surface area contributed by atoms with Gasteiger partial charge in [0, 0.05) is 23.0 Å². The van der Waals surface area contributed by atoms with Gasteiger partial charge < -0.3 is 14.7 Å². The summed E-state index contributed by atoms with van der Waals surface area (Å²) >= 11 is 1.90. The van der Waals surface area contributed by atoms with Crippen LogP contribution in [0.4, 0.5) is 0 Å². The minimum Gasteiger partial charge on any atom is -0.303 e. The third-order valence-electron chi connectivity index (χ3n) is 2.43. The lowest BCUT2D eigenvalue weighted by Crippen LogP contribution is -1.88. The molecule has 0 aliphatic heterocycles. The highest BCUT2D eigenvalue weighted by Gasteiger charge is 2.00. The number of phosphoric acid groups is 1. The zero-order chi connectivity index (χ0) is 15.7. The first-order chi connectivity index (χ1) is 9.84. The summed E-state index contributed by atoms with van der Waals surface area (Å²) in [5, 5.41) is 0. The molecule has 1 aromatic carbocycles. The molecule has 0 saturated heterocycles. The van der Waals surface area contributed by atoms with Crippen LogP contribution in [-0.4, -0.2) is 25.4 Å². The highest BCUT2D eigenvalue weighted by Crippen LogP contribution is 2.25. The predicted octanol–water partition coefficient (Wildman–Crippen LogP) is 2.80. The first-order valence-electron chi connectivity index (χ1n) is 6.21. The van der Waals surface area contributed by atoms with Gasteiger partial charge in [-0.3, -0.25) is 4.98 Å². The number of nitrogens with zero attached hydrogens (tertiary/aromatic N) is 1. The summed E-state index contributed by atoms with van der Waals surface area (Å²) in [5.41, 5.74) is 2.67. The van der Waals surface area contributed by atoms with Crippen LogP contribution in [0.5, 0.6) is 0 Å². The van der Waals surface area contributed by atoms with Gasteiger partial charge >= 0.3 is 7.82 Å². The van der Waals surface area contributed by atoms with E-state index in [1.54, 1.807) is 0 Å². The third kappa shape index (κ3) is 10.2. The molecule has 0 unspecified atom stereocenters. The molecule has 2 aromatic rings. The molecular weight excluding hydrogens is 309 g/mol. The van der Waals surface area contributed by atoms with Crippen LogP contribution < -0.4 is 0 Å². The second-order valence-electron chi connectivity index (χ2n) is 4.28. The van der Waals surface area contributed by atoms with Crippen molar-refractivity contribution >= 4 is 19.6 Å². The Morgan fingerprint density at radius 1 is 1.05 bits per heavy atom. The van der Waals surface area contributed by atoms with Crippen LogP contribution in [0.25, 0.3) is 0 Å². The monoisotopic (exact) mass is 327 g/mol. The SMILES string of the molecule is Cc1ccc(SCCc2ccncc2)cc1.O=P(O)(O)O. The highest BCUT2D eigenvalue weighted by atomic mass is 32.2. The quantitative estimate of drug-likeness (QED) is 0.591. The summed E-state index contributed by atoms with van der Waals surface area (Å²) in [6, 6.07) is 12.9. The highest BCUT2D eigenvalue weighted by molar-refractivity contribution is 7.99. The molecule has 1 heterocycles. The van der Waals surface area contributed by atoms with Crippen LogP contribution in [0.2, 0.25) is 0 Å². The zero-order valence-electron chi connectivity index (χ0n) is 11.6. The van der Waals surface area contributed by atoms with Gasteiger partial charge in [0.05, 0.1) is 0 Å². The number of aromatic nitrogens is 1. The van der Waals surface area contributed by atoms with Gasteiger partial charge in [0.2, 0.25) is 0 Å². The molecule has 1 aromatic heterocycles. The zero-order valence-corrected chi connectivity index (χ0v) is 13.3. The van der Waals surface area contributed by atoms with E-state index >= 15 is 0 Å². The fraction of sp³-hybridized carbons (Fsp3) is 0.214. The lowest BCUT2D eigenvalue weighted by atomic mass is 10.2. The molecular formula is C14H18NO4PS. The van der Waals surface area contributed by atoms with E-state index in [1.165, 1.54) is 16.0 Å². The van der Waals surface area contributed by atoms with Gasteiger partial charge in [-0.2, -0.15) is 0 Å². The van der Waals surface area contributed by atoms with Gasteiger partial charge in [0.15, 0.2) is 0 Å². The molecule has 0 saturated carbocycles. The largest absolute Gasteiger partial charge is 0.466 e. The average Bonchev–Trinajstić information content (AvgIpc) is 2.40. The van der Waals surface area contributed by atoms with Crippen molar-refractivity contribution < 1.29 is 19.2 Å². The molecule has 0 radical (unpaired) electrons. The van der Waals surface area contributed by atoms with Crippen LogP contribution in [0, 0.1) is 6.92 Å². The number of benzene rings is 1. The van der Waals surface area contributed by atoms with E-state index in [0.29, 0.717) is 0 Å². The standard InChI is InChI=1S/C14H15NS.H3O4P/c1-12-2-4-14(5-3-12)16-11-8-13-6-9-15-10-7-13;1-5(2,3)4/h2-7,9-10H,8,11H2,1H3;(H3,1,2,3,4). The minimum atomic E-state index is -4.64. The Balaban J connectivity index is 0.000000383. The van der Waals surface area contributed by atoms with E-state index in [4.69, 9.17) is 19.2 Å². The van der Waals surface area contributed by atoms with E-state index in [2.05, 4.69) is 48.3 Å². The maximum Gasteiger partial charge on any atom is 0.466 e. The third-order valence-corrected chi connectivity index (χ3v) is 3.44. The second kappa shape index (κ2) is 8.97. The average molecular weight is 327 g/mol. The molecule has 0 atom stereocenters.